The zero-order valence-corrected chi connectivity index (χ0v) is 16.9. The molecular weight excluding hydrogens is 343 g/mol. The first-order valence-electron chi connectivity index (χ1n) is 9.34. The summed E-state index contributed by atoms with van der Waals surface area (Å²) in [6.07, 6.45) is 0. The summed E-state index contributed by atoms with van der Waals surface area (Å²) >= 11 is 0. The molecule has 0 N–H and O–H groups in total. The highest BCUT2D eigenvalue weighted by Crippen LogP contribution is 2.45. The maximum Gasteiger partial charge on any atom is 0.0134 e. The maximum absolute atomic E-state index is 2.37. The van der Waals surface area contributed by atoms with Crippen molar-refractivity contribution in [3.8, 4) is 32.8 Å². The lowest BCUT2D eigenvalue weighted by atomic mass is 9.95. The average Bonchev–Trinajstić information content (AvgIpc) is 2.72. The van der Waals surface area contributed by atoms with Gasteiger partial charge in [0, 0.05) is 10.6 Å². The van der Waals surface area contributed by atoms with Gasteiger partial charge in [-0.15, -0.1) is 0 Å². The maximum atomic E-state index is 2.37. The van der Waals surface area contributed by atoms with Gasteiger partial charge in [0.2, 0.25) is 0 Å². The second-order valence-corrected chi connectivity index (χ2v) is 8.16. The summed E-state index contributed by atoms with van der Waals surface area (Å²) in [5.41, 5.74) is 9.36. The van der Waals surface area contributed by atoms with E-state index in [-0.39, 0.29) is 0 Å². The first-order valence-corrected chi connectivity index (χ1v) is 10.2. The third kappa shape index (κ3) is 3.46. The normalized spacial score (nSPS) is 11.1. The lowest BCUT2D eigenvalue weighted by Gasteiger charge is -2.17. The largest absolute Gasteiger partial charge is 0.0622 e. The Bertz CT molecular complexity index is 1080. The van der Waals surface area contributed by atoms with Crippen molar-refractivity contribution < 1.29 is 0 Å². The molecule has 0 radical (unpaired) electrons. The molecule has 3 aromatic carbocycles. The fraction of sp³-hybridized carbons (Fsp3) is 0.115. The molecule has 4 aromatic rings. The Morgan fingerprint density at radius 3 is 1.85 bits per heavy atom. The average molecular weight is 366 g/mol. The van der Waals surface area contributed by atoms with Crippen LogP contribution in [0.15, 0.2) is 84.9 Å². The van der Waals surface area contributed by atoms with Crippen LogP contribution in [0.25, 0.3) is 32.8 Å². The summed E-state index contributed by atoms with van der Waals surface area (Å²) in [7, 11) is 1.27. The predicted octanol–water partition coefficient (Wildman–Crippen LogP) is 8.19. The highest BCUT2D eigenvalue weighted by molar-refractivity contribution is 7.37. The number of benzene rings is 3. The van der Waals surface area contributed by atoms with E-state index in [9.17, 15) is 0 Å². The van der Waals surface area contributed by atoms with Gasteiger partial charge in [-0.25, -0.2) is 0 Å². The number of hydrogen-bond donors (Lipinski definition) is 0. The minimum absolute atomic E-state index is 1.27. The van der Waals surface area contributed by atoms with Gasteiger partial charge in [-0.1, -0.05) is 87.1 Å². The molecule has 0 unspecified atom stereocenters. The Kier molecular flexibility index (Phi) is 4.92. The standard InChI is InChI=1S/C26H23P/c1-18-11-10-16-23(19(18)2)26-20(3)24(21-12-6-4-7-13-21)17-25(27-26)22-14-8-5-9-15-22/h4-17H,1-3H3. The van der Waals surface area contributed by atoms with Gasteiger partial charge in [0.05, 0.1) is 0 Å². The Balaban J connectivity index is 2.02. The zero-order valence-electron chi connectivity index (χ0n) is 16.0. The Morgan fingerprint density at radius 2 is 1.19 bits per heavy atom. The molecule has 0 aliphatic carbocycles. The third-order valence-electron chi connectivity index (χ3n) is 5.29. The van der Waals surface area contributed by atoms with Crippen molar-refractivity contribution in [3.63, 3.8) is 0 Å². The van der Waals surface area contributed by atoms with Crippen molar-refractivity contribution in [1.82, 2.24) is 0 Å². The van der Waals surface area contributed by atoms with Crippen molar-refractivity contribution in [2.45, 2.75) is 20.8 Å². The highest BCUT2D eigenvalue weighted by atomic mass is 31.0. The van der Waals surface area contributed by atoms with Crippen LogP contribution in [0.3, 0.4) is 0 Å². The molecule has 0 atom stereocenters. The molecule has 0 bridgehead atoms. The molecule has 1 aromatic heterocycles. The molecule has 0 spiro atoms. The van der Waals surface area contributed by atoms with Gasteiger partial charge in [0.1, 0.15) is 0 Å². The minimum atomic E-state index is 1.27. The van der Waals surface area contributed by atoms with Crippen molar-refractivity contribution >= 4 is 8.19 Å². The fourth-order valence-corrected chi connectivity index (χ4v) is 4.92. The third-order valence-corrected chi connectivity index (χ3v) is 6.71. The smallest absolute Gasteiger partial charge is 0.0134 e. The van der Waals surface area contributed by atoms with Crippen molar-refractivity contribution in [2.75, 3.05) is 0 Å². The van der Waals surface area contributed by atoms with Crippen LogP contribution < -0.4 is 0 Å². The lowest BCUT2D eigenvalue weighted by molar-refractivity contribution is 1.34. The van der Waals surface area contributed by atoms with E-state index in [4.69, 9.17) is 0 Å². The summed E-state index contributed by atoms with van der Waals surface area (Å²) in [4.78, 5) is 0. The summed E-state index contributed by atoms with van der Waals surface area (Å²) in [5, 5.41) is 2.77. The van der Waals surface area contributed by atoms with E-state index in [1.165, 1.54) is 57.7 Å². The molecule has 4 rings (SSSR count). The first-order chi connectivity index (χ1) is 13.1. The van der Waals surface area contributed by atoms with Gasteiger partial charge in [-0.2, -0.15) is 0 Å². The van der Waals surface area contributed by atoms with E-state index in [2.05, 4.69) is 106 Å². The molecule has 0 amide bonds. The molecule has 0 saturated carbocycles. The summed E-state index contributed by atoms with van der Waals surface area (Å²) < 4.78 is 0. The van der Waals surface area contributed by atoms with Gasteiger partial charge in [0.25, 0.3) is 0 Å². The number of rotatable bonds is 3. The molecule has 0 nitrogen and oxygen atoms in total. The second kappa shape index (κ2) is 7.51. The van der Waals surface area contributed by atoms with E-state index < -0.39 is 0 Å². The number of aryl methyl sites for hydroxylation is 1. The van der Waals surface area contributed by atoms with Crippen LogP contribution in [-0.2, 0) is 0 Å². The summed E-state index contributed by atoms with van der Waals surface area (Å²) in [6.45, 7) is 6.71. The SMILES string of the molecule is Cc1cccc(-c2pc(-c3ccccc3)cc(-c3ccccc3)c2C)c1C. The molecule has 0 fully saturated rings. The van der Waals surface area contributed by atoms with Crippen LogP contribution in [0.1, 0.15) is 16.7 Å². The topological polar surface area (TPSA) is 0 Å². The van der Waals surface area contributed by atoms with Crippen LogP contribution >= 0.6 is 8.19 Å². The molecule has 1 heterocycles. The van der Waals surface area contributed by atoms with Gasteiger partial charge in [0.15, 0.2) is 0 Å². The Hall–Kier alpha value is -2.69. The lowest BCUT2D eigenvalue weighted by Crippen LogP contribution is -1.91. The second-order valence-electron chi connectivity index (χ2n) is 7.01. The van der Waals surface area contributed by atoms with Crippen LogP contribution in [0.5, 0.6) is 0 Å². The van der Waals surface area contributed by atoms with Gasteiger partial charge in [-0.3, -0.25) is 0 Å². The Labute approximate surface area is 163 Å². The summed E-state index contributed by atoms with van der Waals surface area (Å²) in [5.74, 6) is 0. The molecule has 0 saturated heterocycles. The van der Waals surface area contributed by atoms with E-state index in [0.29, 0.717) is 0 Å². The van der Waals surface area contributed by atoms with E-state index in [0.717, 1.165) is 0 Å². The Morgan fingerprint density at radius 1 is 0.556 bits per heavy atom. The zero-order chi connectivity index (χ0) is 18.8. The molecule has 1 heteroatoms. The molecular formula is C26H23P. The fourth-order valence-electron chi connectivity index (χ4n) is 3.55. The van der Waals surface area contributed by atoms with Crippen molar-refractivity contribution in [3.05, 3.63) is 102 Å². The van der Waals surface area contributed by atoms with E-state index in [1.807, 2.05) is 0 Å². The van der Waals surface area contributed by atoms with Crippen LogP contribution in [-0.4, -0.2) is 0 Å². The number of hydrogen-bond acceptors (Lipinski definition) is 0. The van der Waals surface area contributed by atoms with Gasteiger partial charge >= 0.3 is 0 Å². The first kappa shape index (κ1) is 17.7. The van der Waals surface area contributed by atoms with Crippen LogP contribution in [0.4, 0.5) is 0 Å². The molecule has 27 heavy (non-hydrogen) atoms. The molecule has 0 aliphatic rings. The quantitative estimate of drug-likeness (QED) is 0.343. The molecule has 0 aliphatic heterocycles. The highest BCUT2D eigenvalue weighted by Gasteiger charge is 2.14. The monoisotopic (exact) mass is 366 g/mol. The van der Waals surface area contributed by atoms with Gasteiger partial charge < -0.3 is 0 Å². The van der Waals surface area contributed by atoms with Crippen molar-refractivity contribution in [2.24, 2.45) is 0 Å². The molecule has 132 valence electrons. The summed E-state index contributed by atoms with van der Waals surface area (Å²) in [6, 6.07) is 30.5. The van der Waals surface area contributed by atoms with Crippen LogP contribution in [0.2, 0.25) is 0 Å². The van der Waals surface area contributed by atoms with E-state index >= 15 is 0 Å². The van der Waals surface area contributed by atoms with Crippen LogP contribution in [0, 0.1) is 20.8 Å². The van der Waals surface area contributed by atoms with Gasteiger partial charge in [-0.05, 0) is 65.8 Å². The minimum Gasteiger partial charge on any atom is -0.0622 e. The van der Waals surface area contributed by atoms with E-state index in [1.54, 1.807) is 0 Å². The predicted molar refractivity (Wildman–Crippen MR) is 119 cm³/mol. The van der Waals surface area contributed by atoms with Crippen molar-refractivity contribution in [1.29, 1.82) is 0 Å².